The topological polar surface area (TPSA) is 57.6 Å². The van der Waals surface area contributed by atoms with Crippen LogP contribution in [0, 0.1) is 0 Å². The maximum Gasteiger partial charge on any atom is 0.260 e. The van der Waals surface area contributed by atoms with Crippen molar-refractivity contribution < 1.29 is 4.79 Å². The second kappa shape index (κ2) is 3.22. The minimum atomic E-state index is -0.112. The Morgan fingerprint density at radius 2 is 2.15 bits per heavy atom. The van der Waals surface area contributed by atoms with Crippen LogP contribution in [0.5, 0.6) is 0 Å². The molecular formula is C8H8N4O. The highest BCUT2D eigenvalue weighted by molar-refractivity contribution is 5.93. The van der Waals surface area contributed by atoms with E-state index < -0.39 is 0 Å². The highest BCUT2D eigenvalue weighted by Gasteiger charge is 2.12. The Labute approximate surface area is 75.1 Å². The second-order valence-electron chi connectivity index (χ2n) is 2.61. The predicted molar refractivity (Wildman–Crippen MR) is 48.2 cm³/mol. The Kier molecular flexibility index (Phi) is 1.91. The van der Waals surface area contributed by atoms with Gasteiger partial charge in [0.15, 0.2) is 0 Å². The molecule has 0 spiro atoms. The van der Waals surface area contributed by atoms with Crippen molar-refractivity contribution in [1.82, 2.24) is 10.4 Å². The molecule has 0 unspecified atom stereocenters. The maximum absolute atomic E-state index is 11.0. The standard InChI is InChI=1S/C8H8N4O/c13-8-5-12(6-10-11-8)7-1-3-9-4-2-7/h1-4,6H,5H2,(H,11,13). The van der Waals surface area contributed by atoms with Crippen LogP contribution in [0.2, 0.25) is 0 Å². The normalized spacial score (nSPS) is 15.7. The number of hydrazone groups is 1. The number of carbonyl (C=O) groups excluding carboxylic acids is 1. The van der Waals surface area contributed by atoms with Gasteiger partial charge in [-0.2, -0.15) is 5.10 Å². The fourth-order valence-electron chi connectivity index (χ4n) is 1.09. The van der Waals surface area contributed by atoms with E-state index in [1.165, 1.54) is 0 Å². The van der Waals surface area contributed by atoms with E-state index in [0.717, 1.165) is 5.69 Å². The molecule has 1 amide bonds. The molecule has 0 saturated carbocycles. The van der Waals surface area contributed by atoms with E-state index in [9.17, 15) is 4.79 Å². The molecular weight excluding hydrogens is 168 g/mol. The highest BCUT2D eigenvalue weighted by Crippen LogP contribution is 2.10. The summed E-state index contributed by atoms with van der Waals surface area (Å²) >= 11 is 0. The van der Waals surface area contributed by atoms with E-state index in [1.807, 2.05) is 12.1 Å². The molecule has 1 aromatic heterocycles. The Morgan fingerprint density at radius 1 is 1.38 bits per heavy atom. The first-order valence-corrected chi connectivity index (χ1v) is 3.85. The number of rotatable bonds is 1. The van der Waals surface area contributed by atoms with Gasteiger partial charge in [-0.15, -0.1) is 0 Å². The Balaban J connectivity index is 2.22. The molecule has 0 saturated heterocycles. The van der Waals surface area contributed by atoms with Gasteiger partial charge >= 0.3 is 0 Å². The van der Waals surface area contributed by atoms with Gasteiger partial charge < -0.3 is 4.90 Å². The molecule has 0 aliphatic carbocycles. The van der Waals surface area contributed by atoms with Crippen LogP contribution in [0.4, 0.5) is 5.69 Å². The SMILES string of the molecule is O=C1CN(c2ccncc2)C=NN1. The smallest absolute Gasteiger partial charge is 0.260 e. The largest absolute Gasteiger partial charge is 0.321 e. The predicted octanol–water partition coefficient (Wildman–Crippen LogP) is -0.0389. The summed E-state index contributed by atoms with van der Waals surface area (Å²) in [5.41, 5.74) is 3.27. The summed E-state index contributed by atoms with van der Waals surface area (Å²) in [6.45, 7) is 0.299. The fourth-order valence-corrected chi connectivity index (χ4v) is 1.09. The average molecular weight is 176 g/mol. The van der Waals surface area contributed by atoms with Gasteiger partial charge in [0.05, 0.1) is 0 Å². The van der Waals surface area contributed by atoms with Crippen molar-refractivity contribution in [3.8, 4) is 0 Å². The van der Waals surface area contributed by atoms with Crippen molar-refractivity contribution in [2.24, 2.45) is 5.10 Å². The minimum Gasteiger partial charge on any atom is -0.321 e. The molecule has 66 valence electrons. The quantitative estimate of drug-likeness (QED) is 0.653. The highest BCUT2D eigenvalue weighted by atomic mass is 16.2. The number of hydrogen-bond acceptors (Lipinski definition) is 4. The molecule has 5 nitrogen and oxygen atoms in total. The number of nitrogens with one attached hydrogen (secondary N) is 1. The first-order chi connectivity index (χ1) is 6.36. The number of nitrogens with zero attached hydrogens (tertiary/aromatic N) is 3. The first-order valence-electron chi connectivity index (χ1n) is 3.85. The van der Waals surface area contributed by atoms with Crippen LogP contribution in [0.25, 0.3) is 0 Å². The molecule has 13 heavy (non-hydrogen) atoms. The summed E-state index contributed by atoms with van der Waals surface area (Å²) in [7, 11) is 0. The lowest BCUT2D eigenvalue weighted by Gasteiger charge is -2.21. The lowest BCUT2D eigenvalue weighted by molar-refractivity contribution is -0.119. The van der Waals surface area contributed by atoms with Crippen molar-refractivity contribution in [3.63, 3.8) is 0 Å². The Bertz CT molecular complexity index is 335. The molecule has 1 aliphatic heterocycles. The molecule has 0 fully saturated rings. The summed E-state index contributed by atoms with van der Waals surface area (Å²) in [6.07, 6.45) is 4.93. The van der Waals surface area contributed by atoms with Crippen LogP contribution < -0.4 is 10.3 Å². The monoisotopic (exact) mass is 176 g/mol. The number of hydrogen-bond donors (Lipinski definition) is 1. The van der Waals surface area contributed by atoms with Crippen LogP contribution >= 0.6 is 0 Å². The molecule has 0 radical (unpaired) electrons. The van der Waals surface area contributed by atoms with E-state index in [-0.39, 0.29) is 5.91 Å². The third kappa shape index (κ3) is 1.64. The lowest BCUT2D eigenvalue weighted by Crippen LogP contribution is -2.39. The molecule has 2 heterocycles. The number of anilines is 1. The maximum atomic E-state index is 11.0. The number of amides is 1. The molecule has 0 atom stereocenters. The third-order valence-corrected chi connectivity index (χ3v) is 1.69. The van der Waals surface area contributed by atoms with E-state index >= 15 is 0 Å². The van der Waals surface area contributed by atoms with Crippen LogP contribution in [-0.2, 0) is 4.79 Å². The summed E-state index contributed by atoms with van der Waals surface area (Å²) in [5.74, 6) is -0.112. The fraction of sp³-hybridized carbons (Fsp3) is 0.125. The zero-order valence-corrected chi connectivity index (χ0v) is 6.84. The zero-order chi connectivity index (χ0) is 9.10. The van der Waals surface area contributed by atoms with Crippen molar-refractivity contribution in [1.29, 1.82) is 0 Å². The summed E-state index contributed by atoms with van der Waals surface area (Å²) in [6, 6.07) is 3.65. The van der Waals surface area contributed by atoms with E-state index in [2.05, 4.69) is 15.5 Å². The van der Waals surface area contributed by atoms with Gasteiger partial charge in [-0.05, 0) is 12.1 Å². The minimum absolute atomic E-state index is 0.112. The average Bonchev–Trinajstić information content (AvgIpc) is 2.19. The molecule has 5 heteroatoms. The van der Waals surface area contributed by atoms with Crippen molar-refractivity contribution in [2.45, 2.75) is 0 Å². The zero-order valence-electron chi connectivity index (χ0n) is 6.84. The van der Waals surface area contributed by atoms with Crippen molar-refractivity contribution in [3.05, 3.63) is 24.5 Å². The van der Waals surface area contributed by atoms with Gasteiger partial charge in [0.25, 0.3) is 5.91 Å². The molecule has 2 rings (SSSR count). The van der Waals surface area contributed by atoms with Crippen molar-refractivity contribution in [2.75, 3.05) is 11.4 Å². The molecule has 1 aliphatic rings. The van der Waals surface area contributed by atoms with Gasteiger partial charge in [-0.1, -0.05) is 0 Å². The molecule has 1 N–H and O–H groups in total. The summed E-state index contributed by atoms with van der Waals surface area (Å²) in [5, 5.41) is 3.70. The van der Waals surface area contributed by atoms with Gasteiger partial charge in [0, 0.05) is 18.1 Å². The molecule has 1 aromatic rings. The summed E-state index contributed by atoms with van der Waals surface area (Å²) in [4.78, 5) is 16.6. The van der Waals surface area contributed by atoms with E-state index in [0.29, 0.717) is 6.54 Å². The van der Waals surface area contributed by atoms with Gasteiger partial charge in [-0.25, -0.2) is 5.43 Å². The van der Waals surface area contributed by atoms with Gasteiger partial charge in [-0.3, -0.25) is 9.78 Å². The Morgan fingerprint density at radius 3 is 2.85 bits per heavy atom. The van der Waals surface area contributed by atoms with Crippen LogP contribution in [0.1, 0.15) is 0 Å². The molecule has 0 aromatic carbocycles. The van der Waals surface area contributed by atoms with Crippen LogP contribution in [0.15, 0.2) is 29.6 Å². The Hall–Kier alpha value is -1.91. The van der Waals surface area contributed by atoms with E-state index in [4.69, 9.17) is 0 Å². The third-order valence-electron chi connectivity index (χ3n) is 1.69. The van der Waals surface area contributed by atoms with Crippen LogP contribution in [0.3, 0.4) is 0 Å². The second-order valence-corrected chi connectivity index (χ2v) is 2.61. The number of pyridine rings is 1. The lowest BCUT2D eigenvalue weighted by atomic mass is 10.3. The van der Waals surface area contributed by atoms with E-state index in [1.54, 1.807) is 23.6 Å². The number of carbonyl (C=O) groups is 1. The first kappa shape index (κ1) is 7.72. The van der Waals surface area contributed by atoms with Crippen molar-refractivity contribution >= 4 is 17.9 Å². The van der Waals surface area contributed by atoms with Crippen LogP contribution in [-0.4, -0.2) is 23.8 Å². The number of aromatic nitrogens is 1. The van der Waals surface area contributed by atoms with Gasteiger partial charge in [0.1, 0.15) is 12.9 Å². The van der Waals surface area contributed by atoms with Gasteiger partial charge in [0.2, 0.25) is 0 Å². The molecule has 0 bridgehead atoms. The summed E-state index contributed by atoms with van der Waals surface area (Å²) < 4.78 is 0.